The predicted molar refractivity (Wildman–Crippen MR) is 105 cm³/mol. The maximum Gasteiger partial charge on any atom is 0.137 e. The van der Waals surface area contributed by atoms with Gasteiger partial charge in [0.1, 0.15) is 18.1 Å². The summed E-state index contributed by atoms with van der Waals surface area (Å²) in [5.74, 6) is 1.85. The number of rotatable bonds is 7. The number of aliphatic hydroxyl groups is 1. The fourth-order valence-electron chi connectivity index (χ4n) is 3.63. The SMILES string of the molecule is Cc1cc(C[C@@H]2CN(Cc3ccc(OCc4ccccn4)cc3)C[C@@H]2O)on1. The molecule has 146 valence electrons. The van der Waals surface area contributed by atoms with Crippen molar-refractivity contribution in [1.82, 2.24) is 15.0 Å². The summed E-state index contributed by atoms with van der Waals surface area (Å²) in [7, 11) is 0. The topological polar surface area (TPSA) is 71.6 Å². The number of ether oxygens (including phenoxy) is 1. The molecular weight excluding hydrogens is 354 g/mol. The van der Waals surface area contributed by atoms with Crippen molar-refractivity contribution >= 4 is 0 Å². The lowest BCUT2D eigenvalue weighted by Crippen LogP contribution is -2.21. The minimum absolute atomic E-state index is 0.174. The molecule has 3 heterocycles. The Morgan fingerprint density at radius 3 is 2.75 bits per heavy atom. The molecule has 6 nitrogen and oxygen atoms in total. The van der Waals surface area contributed by atoms with Gasteiger partial charge in [0.15, 0.2) is 0 Å². The van der Waals surface area contributed by atoms with Gasteiger partial charge in [0.25, 0.3) is 0 Å². The van der Waals surface area contributed by atoms with Crippen LogP contribution >= 0.6 is 0 Å². The van der Waals surface area contributed by atoms with Crippen LogP contribution in [0.5, 0.6) is 5.75 Å². The average molecular weight is 379 g/mol. The molecule has 3 aromatic rings. The van der Waals surface area contributed by atoms with Gasteiger partial charge in [-0.3, -0.25) is 9.88 Å². The second-order valence-corrected chi connectivity index (χ2v) is 7.41. The number of hydrogen-bond acceptors (Lipinski definition) is 6. The third kappa shape index (κ3) is 4.77. The van der Waals surface area contributed by atoms with Crippen LogP contribution in [0, 0.1) is 12.8 Å². The molecule has 4 rings (SSSR count). The number of pyridine rings is 1. The minimum Gasteiger partial charge on any atom is -0.487 e. The third-order valence-electron chi connectivity index (χ3n) is 5.06. The van der Waals surface area contributed by atoms with Crippen molar-refractivity contribution in [2.45, 2.75) is 32.6 Å². The smallest absolute Gasteiger partial charge is 0.137 e. The van der Waals surface area contributed by atoms with Gasteiger partial charge in [-0.25, -0.2) is 0 Å². The fourth-order valence-corrected chi connectivity index (χ4v) is 3.63. The van der Waals surface area contributed by atoms with Crippen LogP contribution in [0.15, 0.2) is 59.3 Å². The molecule has 6 heteroatoms. The van der Waals surface area contributed by atoms with Gasteiger partial charge in [-0.15, -0.1) is 0 Å². The number of likely N-dealkylation sites (tertiary alicyclic amines) is 1. The Hall–Kier alpha value is -2.70. The lowest BCUT2D eigenvalue weighted by Gasteiger charge is -2.15. The van der Waals surface area contributed by atoms with Crippen molar-refractivity contribution in [3.8, 4) is 5.75 Å². The van der Waals surface area contributed by atoms with Crippen LogP contribution in [0.4, 0.5) is 0 Å². The second-order valence-electron chi connectivity index (χ2n) is 7.41. The van der Waals surface area contributed by atoms with Gasteiger partial charge in [0, 0.05) is 44.2 Å². The molecule has 0 radical (unpaired) electrons. The second kappa shape index (κ2) is 8.54. The van der Waals surface area contributed by atoms with Crippen LogP contribution < -0.4 is 4.74 Å². The number of nitrogens with zero attached hydrogens (tertiary/aromatic N) is 3. The van der Waals surface area contributed by atoms with Gasteiger partial charge in [-0.2, -0.15) is 0 Å². The van der Waals surface area contributed by atoms with Crippen LogP contribution in [-0.2, 0) is 19.6 Å². The van der Waals surface area contributed by atoms with Crippen molar-refractivity contribution in [3.05, 3.63) is 77.4 Å². The maximum atomic E-state index is 10.4. The van der Waals surface area contributed by atoms with Gasteiger partial charge in [0.05, 0.1) is 17.5 Å². The standard InChI is InChI=1S/C22H25N3O3/c1-16-10-21(28-24-16)11-18-13-25(14-22(18)26)12-17-5-7-20(8-6-17)27-15-19-4-2-3-9-23-19/h2-10,18,22,26H,11-15H2,1H3/t18-,22+/m1/s1. The fraction of sp³-hybridized carbons (Fsp3) is 0.364. The summed E-state index contributed by atoms with van der Waals surface area (Å²) in [5.41, 5.74) is 2.99. The summed E-state index contributed by atoms with van der Waals surface area (Å²) in [6, 6.07) is 15.9. The van der Waals surface area contributed by atoms with E-state index in [2.05, 4.69) is 27.2 Å². The molecule has 1 aromatic carbocycles. The molecule has 1 aliphatic rings. The number of benzene rings is 1. The van der Waals surface area contributed by atoms with Crippen LogP contribution in [-0.4, -0.2) is 39.3 Å². The minimum atomic E-state index is -0.341. The molecule has 0 aliphatic carbocycles. The highest BCUT2D eigenvalue weighted by Gasteiger charge is 2.32. The van der Waals surface area contributed by atoms with E-state index in [9.17, 15) is 5.11 Å². The first kappa shape index (κ1) is 18.7. The number of hydrogen-bond donors (Lipinski definition) is 1. The molecule has 2 aromatic heterocycles. The lowest BCUT2D eigenvalue weighted by molar-refractivity contribution is 0.137. The molecule has 1 saturated heterocycles. The molecule has 2 atom stereocenters. The summed E-state index contributed by atoms with van der Waals surface area (Å²) in [6.07, 6.45) is 2.15. The normalized spacial score (nSPS) is 19.8. The summed E-state index contributed by atoms with van der Waals surface area (Å²) in [6.45, 7) is 4.70. The largest absolute Gasteiger partial charge is 0.487 e. The summed E-state index contributed by atoms with van der Waals surface area (Å²) >= 11 is 0. The van der Waals surface area contributed by atoms with Crippen molar-refractivity contribution in [1.29, 1.82) is 0 Å². The van der Waals surface area contributed by atoms with Crippen molar-refractivity contribution in [2.75, 3.05) is 13.1 Å². The number of β-amino-alcohol motifs (C(OH)–C–C–N with tert-alkyl or cyclic N) is 1. The number of aryl methyl sites for hydroxylation is 1. The zero-order chi connectivity index (χ0) is 19.3. The van der Waals surface area contributed by atoms with Crippen LogP contribution in [0.3, 0.4) is 0 Å². The summed E-state index contributed by atoms with van der Waals surface area (Å²) in [5, 5.41) is 14.3. The average Bonchev–Trinajstić information content (AvgIpc) is 3.27. The van der Waals surface area contributed by atoms with E-state index in [1.165, 1.54) is 5.56 Å². The monoisotopic (exact) mass is 379 g/mol. The molecule has 1 fully saturated rings. The van der Waals surface area contributed by atoms with E-state index in [0.717, 1.165) is 42.4 Å². The van der Waals surface area contributed by atoms with E-state index >= 15 is 0 Å². The number of aromatic nitrogens is 2. The Bertz CT molecular complexity index is 880. The van der Waals surface area contributed by atoms with E-state index in [1.807, 2.05) is 43.3 Å². The van der Waals surface area contributed by atoms with E-state index in [0.29, 0.717) is 13.2 Å². The Balaban J connectivity index is 1.28. The van der Waals surface area contributed by atoms with Crippen LogP contribution in [0.25, 0.3) is 0 Å². The van der Waals surface area contributed by atoms with Crippen molar-refractivity contribution in [2.24, 2.45) is 5.92 Å². The van der Waals surface area contributed by atoms with Gasteiger partial charge < -0.3 is 14.4 Å². The first-order chi connectivity index (χ1) is 13.7. The maximum absolute atomic E-state index is 10.4. The predicted octanol–water partition coefficient (Wildman–Crippen LogP) is 2.99. The van der Waals surface area contributed by atoms with E-state index in [1.54, 1.807) is 6.20 Å². The number of aliphatic hydroxyl groups excluding tert-OH is 1. The first-order valence-corrected chi connectivity index (χ1v) is 9.60. The lowest BCUT2D eigenvalue weighted by atomic mass is 10.0. The Kier molecular flexibility index (Phi) is 5.69. The highest BCUT2D eigenvalue weighted by atomic mass is 16.5. The van der Waals surface area contributed by atoms with E-state index in [4.69, 9.17) is 9.26 Å². The quantitative estimate of drug-likeness (QED) is 0.680. The van der Waals surface area contributed by atoms with Gasteiger partial charge >= 0.3 is 0 Å². The van der Waals surface area contributed by atoms with Crippen LogP contribution in [0.2, 0.25) is 0 Å². The van der Waals surface area contributed by atoms with Crippen molar-refractivity contribution in [3.63, 3.8) is 0 Å². The van der Waals surface area contributed by atoms with Crippen LogP contribution in [0.1, 0.15) is 22.7 Å². The van der Waals surface area contributed by atoms with E-state index < -0.39 is 0 Å². The first-order valence-electron chi connectivity index (χ1n) is 9.60. The Morgan fingerprint density at radius 2 is 2.04 bits per heavy atom. The highest BCUT2D eigenvalue weighted by molar-refractivity contribution is 5.27. The van der Waals surface area contributed by atoms with Gasteiger partial charge in [-0.1, -0.05) is 23.4 Å². The summed E-state index contributed by atoms with van der Waals surface area (Å²) < 4.78 is 11.1. The summed E-state index contributed by atoms with van der Waals surface area (Å²) in [4.78, 5) is 6.54. The molecule has 0 unspecified atom stereocenters. The molecule has 1 aliphatic heterocycles. The molecule has 0 bridgehead atoms. The Labute approximate surface area is 164 Å². The molecule has 28 heavy (non-hydrogen) atoms. The van der Waals surface area contributed by atoms with Crippen molar-refractivity contribution < 1.29 is 14.4 Å². The van der Waals surface area contributed by atoms with E-state index in [-0.39, 0.29) is 12.0 Å². The zero-order valence-corrected chi connectivity index (χ0v) is 16.0. The molecule has 0 amide bonds. The molecule has 0 spiro atoms. The molecular formula is C22H25N3O3. The Morgan fingerprint density at radius 1 is 1.18 bits per heavy atom. The molecule has 0 saturated carbocycles. The van der Waals surface area contributed by atoms with Gasteiger partial charge in [0.2, 0.25) is 0 Å². The highest BCUT2D eigenvalue weighted by Crippen LogP contribution is 2.24. The third-order valence-corrected chi connectivity index (χ3v) is 5.06. The molecule has 1 N–H and O–H groups in total. The zero-order valence-electron chi connectivity index (χ0n) is 16.0. The van der Waals surface area contributed by atoms with Gasteiger partial charge in [-0.05, 0) is 36.8 Å².